The Balaban J connectivity index is 1.74. The molecule has 2 heterocycles. The first-order valence-electron chi connectivity index (χ1n) is 8.48. The van der Waals surface area contributed by atoms with E-state index in [2.05, 4.69) is 36.3 Å². The number of hydrogen-bond donors (Lipinski definition) is 3. The van der Waals surface area contributed by atoms with E-state index >= 15 is 0 Å². The Morgan fingerprint density at radius 2 is 2.04 bits per heavy atom. The molecule has 1 aromatic heterocycles. The van der Waals surface area contributed by atoms with Gasteiger partial charge in [0.1, 0.15) is 5.82 Å². The van der Waals surface area contributed by atoms with Gasteiger partial charge in [-0.25, -0.2) is 18.1 Å². The molecule has 8 nitrogen and oxygen atoms in total. The van der Waals surface area contributed by atoms with Crippen molar-refractivity contribution in [2.75, 3.05) is 44.4 Å². The van der Waals surface area contributed by atoms with Gasteiger partial charge in [0, 0.05) is 45.0 Å². The fraction of sp³-hybridized carbons (Fsp3) is 0.625. The van der Waals surface area contributed by atoms with Gasteiger partial charge >= 0.3 is 0 Å². The molecular formula is C16H28N6O2S. The lowest BCUT2D eigenvalue weighted by Gasteiger charge is -2.34. The number of nitrogens with one attached hydrogen (secondary N) is 3. The van der Waals surface area contributed by atoms with Crippen LogP contribution in [0, 0.1) is 6.92 Å². The van der Waals surface area contributed by atoms with Crippen molar-refractivity contribution in [2.45, 2.75) is 25.8 Å². The summed E-state index contributed by atoms with van der Waals surface area (Å²) in [7, 11) is -1.44. The van der Waals surface area contributed by atoms with Gasteiger partial charge < -0.3 is 15.5 Å². The van der Waals surface area contributed by atoms with Crippen molar-refractivity contribution >= 4 is 21.8 Å². The molecule has 3 N–H and O–H groups in total. The van der Waals surface area contributed by atoms with Crippen LogP contribution in [-0.2, 0) is 10.0 Å². The van der Waals surface area contributed by atoms with Crippen LogP contribution in [0.4, 0.5) is 5.82 Å². The van der Waals surface area contributed by atoms with Gasteiger partial charge in [-0.05, 0) is 31.9 Å². The third-order valence-electron chi connectivity index (χ3n) is 4.04. The zero-order valence-corrected chi connectivity index (χ0v) is 15.9. The molecule has 0 atom stereocenters. The predicted octanol–water partition coefficient (Wildman–Crippen LogP) is 0.0730. The third kappa shape index (κ3) is 6.87. The van der Waals surface area contributed by atoms with Gasteiger partial charge in [0.05, 0.1) is 6.26 Å². The number of guanidine groups is 1. The molecule has 0 spiro atoms. The normalized spacial score (nSPS) is 16.8. The van der Waals surface area contributed by atoms with Crippen molar-refractivity contribution in [1.82, 2.24) is 20.3 Å². The van der Waals surface area contributed by atoms with Gasteiger partial charge in [0.15, 0.2) is 5.96 Å². The minimum atomic E-state index is -3.15. The molecule has 1 aliphatic rings. The van der Waals surface area contributed by atoms with Gasteiger partial charge in [-0.1, -0.05) is 6.07 Å². The number of aliphatic imine (C=N–C) groups is 1. The summed E-state index contributed by atoms with van der Waals surface area (Å²) in [5.41, 5.74) is 1.03. The number of hydrogen-bond acceptors (Lipinski definition) is 5. The minimum absolute atomic E-state index is 0.330. The fourth-order valence-electron chi connectivity index (χ4n) is 2.76. The van der Waals surface area contributed by atoms with Gasteiger partial charge in [0.2, 0.25) is 10.0 Å². The highest BCUT2D eigenvalue weighted by Gasteiger charge is 2.20. The van der Waals surface area contributed by atoms with Crippen LogP contribution in [0.5, 0.6) is 0 Å². The summed E-state index contributed by atoms with van der Waals surface area (Å²) in [5, 5.41) is 6.53. The maximum Gasteiger partial charge on any atom is 0.208 e. The third-order valence-corrected chi connectivity index (χ3v) is 4.77. The molecule has 2 rings (SSSR count). The molecule has 140 valence electrons. The summed E-state index contributed by atoms with van der Waals surface area (Å²) in [6, 6.07) is 6.44. The van der Waals surface area contributed by atoms with E-state index in [1.54, 1.807) is 7.05 Å². The number of nitrogens with zero attached hydrogens (tertiary/aromatic N) is 3. The Hall–Kier alpha value is -1.87. The quantitative estimate of drug-likeness (QED) is 0.373. The van der Waals surface area contributed by atoms with Crippen LogP contribution in [0.25, 0.3) is 0 Å². The first-order chi connectivity index (χ1) is 11.9. The van der Waals surface area contributed by atoms with E-state index in [-0.39, 0.29) is 0 Å². The second-order valence-electron chi connectivity index (χ2n) is 6.21. The van der Waals surface area contributed by atoms with E-state index in [1.165, 1.54) is 0 Å². The first-order valence-corrected chi connectivity index (χ1v) is 10.4. The second kappa shape index (κ2) is 9.00. The molecule has 9 heteroatoms. The molecule has 0 amide bonds. The number of rotatable bonds is 6. The minimum Gasteiger partial charge on any atom is -0.356 e. The van der Waals surface area contributed by atoms with E-state index in [9.17, 15) is 8.42 Å². The Labute approximate surface area is 150 Å². The number of anilines is 1. The summed E-state index contributed by atoms with van der Waals surface area (Å²) >= 11 is 0. The summed E-state index contributed by atoms with van der Waals surface area (Å²) < 4.78 is 24.5. The first kappa shape index (κ1) is 19.5. The van der Waals surface area contributed by atoms with Crippen molar-refractivity contribution in [3.63, 3.8) is 0 Å². The van der Waals surface area contributed by atoms with Crippen LogP contribution in [0.2, 0.25) is 0 Å². The van der Waals surface area contributed by atoms with Crippen LogP contribution >= 0.6 is 0 Å². The molecule has 0 aliphatic carbocycles. The number of aromatic nitrogens is 1. The summed E-state index contributed by atoms with van der Waals surface area (Å²) in [6.45, 7) is 4.71. The van der Waals surface area contributed by atoms with Crippen molar-refractivity contribution in [2.24, 2.45) is 4.99 Å². The zero-order chi connectivity index (χ0) is 18.3. The maximum absolute atomic E-state index is 11.0. The number of piperidine rings is 1. The van der Waals surface area contributed by atoms with E-state index in [0.29, 0.717) is 25.1 Å². The summed E-state index contributed by atoms with van der Waals surface area (Å²) in [5.74, 6) is 1.73. The van der Waals surface area contributed by atoms with E-state index in [4.69, 9.17) is 0 Å². The van der Waals surface area contributed by atoms with Crippen LogP contribution in [0.3, 0.4) is 0 Å². The molecule has 1 aromatic rings. The summed E-state index contributed by atoms with van der Waals surface area (Å²) in [4.78, 5) is 11.1. The van der Waals surface area contributed by atoms with Gasteiger partial charge in [0.25, 0.3) is 0 Å². The molecule has 0 saturated carbocycles. The SMILES string of the molecule is CN=C(NCCNS(C)(=O)=O)NC1CCN(c2cccc(C)n2)CC1. The molecule has 0 aromatic carbocycles. The lowest BCUT2D eigenvalue weighted by atomic mass is 10.1. The highest BCUT2D eigenvalue weighted by atomic mass is 32.2. The van der Waals surface area contributed by atoms with Crippen molar-refractivity contribution in [3.05, 3.63) is 23.9 Å². The van der Waals surface area contributed by atoms with Crippen molar-refractivity contribution < 1.29 is 8.42 Å². The molecule has 0 bridgehead atoms. The van der Waals surface area contributed by atoms with E-state index < -0.39 is 10.0 Å². The molecular weight excluding hydrogens is 340 g/mol. The fourth-order valence-corrected chi connectivity index (χ4v) is 3.24. The average Bonchev–Trinajstić information content (AvgIpc) is 2.57. The van der Waals surface area contributed by atoms with Crippen LogP contribution in [0.1, 0.15) is 18.5 Å². The Bertz CT molecular complexity index is 684. The van der Waals surface area contributed by atoms with Gasteiger partial charge in [-0.2, -0.15) is 0 Å². The van der Waals surface area contributed by atoms with Crippen LogP contribution < -0.4 is 20.3 Å². The Morgan fingerprint density at radius 1 is 1.32 bits per heavy atom. The molecule has 0 radical (unpaired) electrons. The number of sulfonamides is 1. The largest absolute Gasteiger partial charge is 0.356 e. The molecule has 25 heavy (non-hydrogen) atoms. The van der Waals surface area contributed by atoms with E-state index in [1.807, 2.05) is 19.1 Å². The average molecular weight is 369 g/mol. The standard InChI is InChI=1S/C16H28N6O2S/c1-13-5-4-6-15(20-13)22-11-7-14(8-12-22)21-16(17-2)18-9-10-19-25(3,23)24/h4-6,14,19H,7-12H2,1-3H3,(H2,17,18,21). The van der Waals surface area contributed by atoms with Gasteiger partial charge in [-0.15, -0.1) is 0 Å². The van der Waals surface area contributed by atoms with Crippen LogP contribution in [-0.4, -0.2) is 64.9 Å². The monoisotopic (exact) mass is 368 g/mol. The Morgan fingerprint density at radius 3 is 2.64 bits per heavy atom. The van der Waals surface area contributed by atoms with Crippen molar-refractivity contribution in [3.8, 4) is 0 Å². The molecule has 0 unspecified atom stereocenters. The highest BCUT2D eigenvalue weighted by molar-refractivity contribution is 7.88. The summed E-state index contributed by atoms with van der Waals surface area (Å²) in [6.07, 6.45) is 3.15. The topological polar surface area (TPSA) is 98.7 Å². The molecule has 1 fully saturated rings. The van der Waals surface area contributed by atoms with Crippen molar-refractivity contribution in [1.29, 1.82) is 0 Å². The zero-order valence-electron chi connectivity index (χ0n) is 15.1. The molecule has 1 saturated heterocycles. The van der Waals surface area contributed by atoms with E-state index in [0.717, 1.165) is 43.7 Å². The smallest absolute Gasteiger partial charge is 0.208 e. The molecule has 1 aliphatic heterocycles. The highest BCUT2D eigenvalue weighted by Crippen LogP contribution is 2.18. The van der Waals surface area contributed by atoms with Crippen LogP contribution in [0.15, 0.2) is 23.2 Å². The predicted molar refractivity (Wildman–Crippen MR) is 102 cm³/mol. The van der Waals surface area contributed by atoms with Gasteiger partial charge in [-0.3, -0.25) is 4.99 Å². The Kier molecular flexibility index (Phi) is 7.01. The number of pyridine rings is 1. The second-order valence-corrected chi connectivity index (χ2v) is 8.04. The lowest BCUT2D eigenvalue weighted by Crippen LogP contribution is -2.49. The maximum atomic E-state index is 11.0. The number of aryl methyl sites for hydroxylation is 1. The lowest BCUT2D eigenvalue weighted by molar-refractivity contribution is 0.459.